The van der Waals surface area contributed by atoms with Gasteiger partial charge in [-0.05, 0) is 55.5 Å². The summed E-state index contributed by atoms with van der Waals surface area (Å²) in [7, 11) is 0. The normalized spacial score (nSPS) is 12.7. The first-order valence-corrected chi connectivity index (χ1v) is 12.0. The first-order valence-electron chi connectivity index (χ1n) is 10.8. The van der Waals surface area contributed by atoms with E-state index in [9.17, 15) is 19.7 Å². The molecule has 0 spiro atoms. The van der Waals surface area contributed by atoms with Crippen molar-refractivity contribution in [3.63, 3.8) is 0 Å². The first-order chi connectivity index (χ1) is 16.9. The van der Waals surface area contributed by atoms with Gasteiger partial charge in [0.1, 0.15) is 5.00 Å². The van der Waals surface area contributed by atoms with Crippen molar-refractivity contribution in [1.29, 1.82) is 0 Å². The predicted molar refractivity (Wildman–Crippen MR) is 136 cm³/mol. The van der Waals surface area contributed by atoms with Gasteiger partial charge in [-0.2, -0.15) is 0 Å². The average molecular weight is 513 g/mol. The van der Waals surface area contributed by atoms with E-state index in [4.69, 9.17) is 16.4 Å². The molecule has 0 saturated carbocycles. The van der Waals surface area contributed by atoms with Gasteiger partial charge in [-0.3, -0.25) is 19.7 Å². The molecule has 0 fully saturated rings. The van der Waals surface area contributed by atoms with Gasteiger partial charge in [-0.25, -0.2) is 0 Å². The van der Waals surface area contributed by atoms with E-state index in [0.29, 0.717) is 26.8 Å². The molecule has 3 aromatic rings. The SMILES string of the molecule is O=C(CON=Cc1cccc([N+](=O)[O-])c1)Nc1sc2c(c1C(=O)Nc1ccc(Cl)cc1)CCCC2. The van der Waals surface area contributed by atoms with Gasteiger partial charge in [-0.1, -0.05) is 28.9 Å². The van der Waals surface area contributed by atoms with Crippen LogP contribution in [0, 0.1) is 10.1 Å². The zero-order chi connectivity index (χ0) is 24.8. The van der Waals surface area contributed by atoms with E-state index in [0.717, 1.165) is 36.1 Å². The third-order valence-electron chi connectivity index (χ3n) is 5.31. The fraction of sp³-hybridized carbons (Fsp3) is 0.208. The van der Waals surface area contributed by atoms with Gasteiger partial charge < -0.3 is 15.5 Å². The second kappa shape index (κ2) is 11.1. The molecule has 9 nitrogen and oxygen atoms in total. The molecule has 2 aromatic carbocycles. The monoisotopic (exact) mass is 512 g/mol. The maximum absolute atomic E-state index is 13.1. The molecule has 0 aliphatic heterocycles. The topological polar surface area (TPSA) is 123 Å². The quantitative estimate of drug-likeness (QED) is 0.236. The lowest BCUT2D eigenvalue weighted by molar-refractivity contribution is -0.384. The number of benzene rings is 2. The summed E-state index contributed by atoms with van der Waals surface area (Å²) in [4.78, 5) is 42.1. The van der Waals surface area contributed by atoms with E-state index in [2.05, 4.69) is 15.8 Å². The summed E-state index contributed by atoms with van der Waals surface area (Å²) in [5.74, 6) is -0.771. The van der Waals surface area contributed by atoms with Crippen molar-refractivity contribution in [1.82, 2.24) is 0 Å². The molecule has 180 valence electrons. The molecule has 35 heavy (non-hydrogen) atoms. The Morgan fingerprint density at radius 2 is 1.91 bits per heavy atom. The number of carbonyl (C=O) groups excluding carboxylic acids is 2. The molecule has 1 heterocycles. The Morgan fingerprint density at radius 3 is 2.69 bits per heavy atom. The number of oxime groups is 1. The highest BCUT2D eigenvalue weighted by atomic mass is 35.5. The maximum atomic E-state index is 13.1. The van der Waals surface area contributed by atoms with Gasteiger partial charge in [-0.15, -0.1) is 11.3 Å². The van der Waals surface area contributed by atoms with Crippen LogP contribution in [0.25, 0.3) is 0 Å². The summed E-state index contributed by atoms with van der Waals surface area (Å²) in [6.07, 6.45) is 4.94. The number of hydrogen-bond donors (Lipinski definition) is 2. The smallest absolute Gasteiger partial charge is 0.270 e. The largest absolute Gasteiger partial charge is 0.386 e. The van der Waals surface area contributed by atoms with E-state index >= 15 is 0 Å². The lowest BCUT2D eigenvalue weighted by Crippen LogP contribution is -2.20. The van der Waals surface area contributed by atoms with Crippen LogP contribution in [0.2, 0.25) is 5.02 Å². The fourth-order valence-corrected chi connectivity index (χ4v) is 5.13. The molecule has 0 atom stereocenters. The second-order valence-corrected chi connectivity index (χ2v) is 9.33. The van der Waals surface area contributed by atoms with Crippen LogP contribution in [0.3, 0.4) is 0 Å². The fourth-order valence-electron chi connectivity index (χ4n) is 3.70. The number of nitrogens with zero attached hydrogens (tertiary/aromatic N) is 2. The Kier molecular flexibility index (Phi) is 7.74. The molecule has 0 unspecified atom stereocenters. The van der Waals surface area contributed by atoms with Crippen LogP contribution >= 0.6 is 22.9 Å². The molecule has 0 radical (unpaired) electrons. The van der Waals surface area contributed by atoms with Gasteiger partial charge in [0.2, 0.25) is 0 Å². The van der Waals surface area contributed by atoms with Gasteiger partial charge in [0, 0.05) is 33.3 Å². The highest BCUT2D eigenvalue weighted by Crippen LogP contribution is 2.38. The number of hydrogen-bond acceptors (Lipinski definition) is 7. The number of halogens is 1. The van der Waals surface area contributed by atoms with Crippen LogP contribution in [-0.2, 0) is 22.5 Å². The Labute approximate surface area is 209 Å². The number of nitrogens with one attached hydrogen (secondary N) is 2. The van der Waals surface area contributed by atoms with Crippen molar-refractivity contribution in [3.8, 4) is 0 Å². The number of nitro benzene ring substituents is 1. The van der Waals surface area contributed by atoms with Crippen molar-refractivity contribution in [2.24, 2.45) is 5.16 Å². The number of nitro groups is 1. The van der Waals surface area contributed by atoms with Gasteiger partial charge >= 0.3 is 0 Å². The Balaban J connectivity index is 1.42. The van der Waals surface area contributed by atoms with Crippen LogP contribution in [0.1, 0.15) is 39.2 Å². The molecular weight excluding hydrogens is 492 g/mol. The minimum Gasteiger partial charge on any atom is -0.386 e. The summed E-state index contributed by atoms with van der Waals surface area (Å²) in [5.41, 5.74) is 2.43. The van der Waals surface area contributed by atoms with Crippen LogP contribution in [0.5, 0.6) is 0 Å². The lowest BCUT2D eigenvalue weighted by Gasteiger charge is -2.13. The number of rotatable bonds is 8. The van der Waals surface area contributed by atoms with E-state index in [-0.39, 0.29) is 18.2 Å². The number of amides is 2. The van der Waals surface area contributed by atoms with E-state index < -0.39 is 10.8 Å². The van der Waals surface area contributed by atoms with Crippen molar-refractivity contribution in [3.05, 3.63) is 85.2 Å². The van der Waals surface area contributed by atoms with Crippen molar-refractivity contribution >= 4 is 57.3 Å². The Hall–Kier alpha value is -3.76. The van der Waals surface area contributed by atoms with Crippen molar-refractivity contribution in [2.75, 3.05) is 17.2 Å². The molecule has 1 aliphatic carbocycles. The molecule has 4 rings (SSSR count). The lowest BCUT2D eigenvalue weighted by atomic mass is 9.95. The van der Waals surface area contributed by atoms with Gasteiger partial charge in [0.25, 0.3) is 17.5 Å². The molecule has 0 bridgehead atoms. The summed E-state index contributed by atoms with van der Waals surface area (Å²) < 4.78 is 0. The molecular formula is C24H21ClN4O5S. The number of thiophene rings is 1. The molecule has 0 saturated heterocycles. The Morgan fingerprint density at radius 1 is 1.14 bits per heavy atom. The summed E-state index contributed by atoms with van der Waals surface area (Å²) in [6.45, 7) is -0.383. The van der Waals surface area contributed by atoms with Crippen LogP contribution < -0.4 is 10.6 Å². The van der Waals surface area contributed by atoms with Crippen LogP contribution in [0.4, 0.5) is 16.4 Å². The van der Waals surface area contributed by atoms with Crippen LogP contribution in [0.15, 0.2) is 53.7 Å². The minimum absolute atomic E-state index is 0.0715. The third kappa shape index (κ3) is 6.23. The number of carbonyl (C=O) groups is 2. The predicted octanol–water partition coefficient (Wildman–Crippen LogP) is 5.43. The molecule has 2 amide bonds. The molecule has 1 aliphatic rings. The van der Waals surface area contributed by atoms with Crippen molar-refractivity contribution < 1.29 is 19.3 Å². The highest BCUT2D eigenvalue weighted by Gasteiger charge is 2.26. The maximum Gasteiger partial charge on any atom is 0.270 e. The number of fused-ring (bicyclic) bond motifs is 1. The zero-order valence-electron chi connectivity index (χ0n) is 18.5. The van der Waals surface area contributed by atoms with Gasteiger partial charge in [0.05, 0.1) is 16.7 Å². The number of anilines is 2. The second-order valence-electron chi connectivity index (χ2n) is 7.78. The third-order valence-corrected chi connectivity index (χ3v) is 6.77. The minimum atomic E-state index is -0.507. The van der Waals surface area contributed by atoms with Gasteiger partial charge in [0.15, 0.2) is 6.61 Å². The first kappa shape index (κ1) is 24.4. The van der Waals surface area contributed by atoms with Crippen LogP contribution in [-0.4, -0.2) is 29.6 Å². The number of non-ortho nitro benzene ring substituents is 1. The summed E-state index contributed by atoms with van der Waals surface area (Å²) >= 11 is 7.32. The van der Waals surface area contributed by atoms with E-state index in [1.165, 1.54) is 35.8 Å². The Bertz CT molecular complexity index is 1290. The van der Waals surface area contributed by atoms with E-state index in [1.54, 1.807) is 30.3 Å². The summed E-state index contributed by atoms with van der Waals surface area (Å²) in [5, 5.41) is 21.3. The highest BCUT2D eigenvalue weighted by molar-refractivity contribution is 7.17. The molecule has 2 N–H and O–H groups in total. The zero-order valence-corrected chi connectivity index (χ0v) is 20.0. The average Bonchev–Trinajstić information content (AvgIpc) is 3.21. The standard InChI is InChI=1S/C24H21ClN4O5S/c25-16-8-10-17(11-9-16)27-23(31)22-19-6-1-2-7-20(19)35-24(22)28-21(30)14-34-26-13-15-4-3-5-18(12-15)29(32)33/h3-5,8-13H,1-2,6-7,14H2,(H,27,31)(H,28,30). The van der Waals surface area contributed by atoms with E-state index in [1.807, 2.05) is 0 Å². The van der Waals surface area contributed by atoms with Crippen molar-refractivity contribution in [2.45, 2.75) is 25.7 Å². The summed E-state index contributed by atoms with van der Waals surface area (Å²) in [6, 6.07) is 12.7. The molecule has 11 heteroatoms. The number of aryl methyl sites for hydroxylation is 1. The molecule has 1 aromatic heterocycles.